The Morgan fingerprint density at radius 3 is 2.43 bits per heavy atom. The van der Waals surface area contributed by atoms with Crippen molar-refractivity contribution in [1.82, 2.24) is 10.0 Å². The summed E-state index contributed by atoms with van der Waals surface area (Å²) in [6, 6.07) is 3.25. The maximum absolute atomic E-state index is 12.3. The quantitative estimate of drug-likeness (QED) is 0.813. The highest BCUT2D eigenvalue weighted by atomic mass is 35.5. The minimum atomic E-state index is -3.87. The zero-order valence-electron chi connectivity index (χ0n) is 13.9. The third kappa shape index (κ3) is 6.01. The molecule has 1 aromatic carbocycles. The molecule has 130 valence electrons. The third-order valence-corrected chi connectivity index (χ3v) is 4.57. The molecule has 0 fully saturated rings. The van der Waals surface area contributed by atoms with E-state index in [9.17, 15) is 13.2 Å². The zero-order valence-corrected chi connectivity index (χ0v) is 15.5. The molecule has 0 aliphatic carbocycles. The van der Waals surface area contributed by atoms with Crippen LogP contribution >= 0.6 is 11.6 Å². The molecular formula is C15H23ClN2O4S. The van der Waals surface area contributed by atoms with Crippen molar-refractivity contribution in [3.63, 3.8) is 0 Å². The molecule has 0 aromatic heterocycles. The van der Waals surface area contributed by atoms with Crippen molar-refractivity contribution in [2.24, 2.45) is 0 Å². The number of nitrogens with one attached hydrogen (secondary N) is 2. The van der Waals surface area contributed by atoms with Crippen molar-refractivity contribution in [3.05, 3.63) is 23.2 Å². The molecule has 1 rings (SSSR count). The van der Waals surface area contributed by atoms with Crippen LogP contribution in [-0.4, -0.2) is 32.5 Å². The monoisotopic (exact) mass is 362 g/mol. The van der Waals surface area contributed by atoms with Gasteiger partial charge in [-0.15, -0.1) is 0 Å². The minimum Gasteiger partial charge on any atom is -0.492 e. The summed E-state index contributed by atoms with van der Waals surface area (Å²) in [5, 5.41) is 2.91. The van der Waals surface area contributed by atoms with E-state index in [1.54, 1.807) is 6.92 Å². The van der Waals surface area contributed by atoms with Gasteiger partial charge in [0.2, 0.25) is 15.9 Å². The summed E-state index contributed by atoms with van der Waals surface area (Å²) in [4.78, 5) is 12.0. The second-order valence-electron chi connectivity index (χ2n) is 6.11. The van der Waals surface area contributed by atoms with E-state index in [4.69, 9.17) is 16.3 Å². The molecule has 2 N–H and O–H groups in total. The van der Waals surface area contributed by atoms with E-state index in [0.717, 1.165) is 0 Å². The van der Waals surface area contributed by atoms with Gasteiger partial charge in [-0.2, -0.15) is 4.72 Å². The van der Waals surface area contributed by atoms with Crippen LogP contribution in [-0.2, 0) is 14.8 Å². The maximum Gasteiger partial charge on any atom is 0.241 e. The average Bonchev–Trinajstić information content (AvgIpc) is 2.38. The first kappa shape index (κ1) is 19.7. The summed E-state index contributed by atoms with van der Waals surface area (Å²) in [5.74, 6) is 0.00440. The molecule has 1 amide bonds. The zero-order chi connectivity index (χ0) is 17.8. The highest BCUT2D eigenvalue weighted by molar-refractivity contribution is 7.89. The van der Waals surface area contributed by atoms with Gasteiger partial charge in [-0.25, -0.2) is 8.42 Å². The van der Waals surface area contributed by atoms with Crippen LogP contribution in [0.1, 0.15) is 34.6 Å². The van der Waals surface area contributed by atoms with E-state index in [0.29, 0.717) is 12.4 Å². The number of hydrogen-bond acceptors (Lipinski definition) is 4. The number of carbonyl (C=O) groups is 1. The Labute approximate surface area is 142 Å². The van der Waals surface area contributed by atoms with Crippen LogP contribution in [0.15, 0.2) is 23.1 Å². The fraction of sp³-hybridized carbons (Fsp3) is 0.533. The first-order chi connectivity index (χ1) is 10.5. The second-order valence-corrected chi connectivity index (χ2v) is 8.23. The fourth-order valence-electron chi connectivity index (χ4n) is 1.75. The molecule has 1 atom stereocenters. The predicted molar refractivity (Wildman–Crippen MR) is 90.3 cm³/mol. The SMILES string of the molecule is CCOc1ccc(S(=O)(=O)N[C@@H](C)C(=O)NC(C)(C)C)cc1Cl. The molecule has 8 heteroatoms. The van der Waals surface area contributed by atoms with Crippen molar-refractivity contribution in [2.45, 2.75) is 51.1 Å². The number of carbonyl (C=O) groups excluding carboxylic acids is 1. The largest absolute Gasteiger partial charge is 0.492 e. The van der Waals surface area contributed by atoms with Crippen LogP contribution in [0.25, 0.3) is 0 Å². The Morgan fingerprint density at radius 1 is 1.35 bits per heavy atom. The van der Waals surface area contributed by atoms with Crippen molar-refractivity contribution < 1.29 is 17.9 Å². The van der Waals surface area contributed by atoms with Crippen molar-refractivity contribution in [1.29, 1.82) is 0 Å². The number of amides is 1. The third-order valence-electron chi connectivity index (χ3n) is 2.74. The van der Waals surface area contributed by atoms with Gasteiger partial charge >= 0.3 is 0 Å². The van der Waals surface area contributed by atoms with Gasteiger partial charge in [0.1, 0.15) is 5.75 Å². The Morgan fingerprint density at radius 2 is 1.96 bits per heavy atom. The van der Waals surface area contributed by atoms with Crippen molar-refractivity contribution in [3.8, 4) is 5.75 Å². The smallest absolute Gasteiger partial charge is 0.241 e. The van der Waals surface area contributed by atoms with Gasteiger partial charge in [0, 0.05) is 5.54 Å². The maximum atomic E-state index is 12.3. The molecule has 0 aliphatic heterocycles. The van der Waals surface area contributed by atoms with E-state index >= 15 is 0 Å². The van der Waals surface area contributed by atoms with E-state index in [1.165, 1.54) is 25.1 Å². The molecule has 0 spiro atoms. The van der Waals surface area contributed by atoms with Gasteiger partial charge < -0.3 is 10.1 Å². The number of ether oxygens (including phenoxy) is 1. The Balaban J connectivity index is 2.91. The van der Waals surface area contributed by atoms with Crippen LogP contribution in [0.3, 0.4) is 0 Å². The highest BCUT2D eigenvalue weighted by Gasteiger charge is 2.25. The van der Waals surface area contributed by atoms with E-state index in [2.05, 4.69) is 10.0 Å². The molecule has 0 aliphatic rings. The first-order valence-electron chi connectivity index (χ1n) is 7.23. The van der Waals surface area contributed by atoms with Crippen LogP contribution in [0.2, 0.25) is 5.02 Å². The lowest BCUT2D eigenvalue weighted by Crippen LogP contribution is -2.50. The molecule has 1 aromatic rings. The summed E-state index contributed by atoms with van der Waals surface area (Å²) < 4.78 is 32.3. The minimum absolute atomic E-state index is 0.0265. The highest BCUT2D eigenvalue weighted by Crippen LogP contribution is 2.27. The normalized spacial score (nSPS) is 13.5. The van der Waals surface area contributed by atoms with Gasteiger partial charge in [0.25, 0.3) is 0 Å². The molecule has 0 saturated heterocycles. The first-order valence-corrected chi connectivity index (χ1v) is 9.09. The van der Waals surface area contributed by atoms with Crippen LogP contribution in [0.5, 0.6) is 5.75 Å². The average molecular weight is 363 g/mol. The van der Waals surface area contributed by atoms with E-state index in [1.807, 2.05) is 20.8 Å². The standard InChI is InChI=1S/C15H23ClN2O4S/c1-6-22-13-8-7-11(9-12(13)16)23(20,21)18-10(2)14(19)17-15(3,4)5/h7-10,18H,6H2,1-5H3,(H,17,19)/t10-/m0/s1. The van der Waals surface area contributed by atoms with Gasteiger partial charge in [-0.05, 0) is 52.8 Å². The molecule has 0 radical (unpaired) electrons. The Hall–Kier alpha value is -1.31. The molecule has 0 heterocycles. The molecule has 23 heavy (non-hydrogen) atoms. The molecular weight excluding hydrogens is 340 g/mol. The summed E-state index contributed by atoms with van der Waals surface area (Å²) in [6.07, 6.45) is 0. The summed E-state index contributed by atoms with van der Waals surface area (Å²) >= 11 is 6.00. The van der Waals surface area contributed by atoms with Crippen molar-refractivity contribution in [2.75, 3.05) is 6.61 Å². The molecule has 0 unspecified atom stereocenters. The topological polar surface area (TPSA) is 84.5 Å². The van der Waals surface area contributed by atoms with Crippen LogP contribution < -0.4 is 14.8 Å². The van der Waals surface area contributed by atoms with Gasteiger partial charge in [0.05, 0.1) is 22.6 Å². The van der Waals surface area contributed by atoms with Gasteiger partial charge in [0.15, 0.2) is 0 Å². The Kier molecular flexibility index (Phi) is 6.44. The fourth-order valence-corrected chi connectivity index (χ4v) is 3.28. The van der Waals surface area contributed by atoms with Crippen LogP contribution in [0.4, 0.5) is 0 Å². The number of rotatable bonds is 6. The van der Waals surface area contributed by atoms with Gasteiger partial charge in [-0.1, -0.05) is 11.6 Å². The number of halogens is 1. The second kappa shape index (κ2) is 7.51. The number of hydrogen-bond donors (Lipinski definition) is 2. The van der Waals surface area contributed by atoms with E-state index in [-0.39, 0.29) is 9.92 Å². The molecule has 6 nitrogen and oxygen atoms in total. The Bertz CT molecular complexity index is 669. The molecule has 0 bridgehead atoms. The summed E-state index contributed by atoms with van der Waals surface area (Å²) in [6.45, 7) is 9.16. The van der Waals surface area contributed by atoms with Crippen LogP contribution in [0, 0.1) is 0 Å². The summed E-state index contributed by atoms with van der Waals surface area (Å²) in [5.41, 5.74) is -0.445. The van der Waals surface area contributed by atoms with Crippen molar-refractivity contribution >= 4 is 27.5 Å². The lowest BCUT2D eigenvalue weighted by atomic mass is 10.1. The number of sulfonamides is 1. The van der Waals surface area contributed by atoms with Gasteiger partial charge in [-0.3, -0.25) is 4.79 Å². The lowest BCUT2D eigenvalue weighted by molar-refractivity contribution is -0.123. The lowest BCUT2D eigenvalue weighted by Gasteiger charge is -2.23. The molecule has 0 saturated carbocycles. The summed E-state index contributed by atoms with van der Waals surface area (Å²) in [7, 11) is -3.87. The predicted octanol–water partition coefficient (Wildman–Crippen LogP) is 2.32. The number of benzene rings is 1. The van der Waals surface area contributed by atoms with E-state index < -0.39 is 27.5 Å².